The molecule has 2 heterocycles. The molecule has 5 aromatic carbocycles. The van der Waals surface area contributed by atoms with Crippen LogP contribution in [0.1, 0.15) is 32.4 Å². The van der Waals surface area contributed by atoms with Gasteiger partial charge < -0.3 is 30.1 Å². The van der Waals surface area contributed by atoms with Crippen molar-refractivity contribution < 1.29 is 19.1 Å². The number of aromatic amines is 2. The fourth-order valence-corrected chi connectivity index (χ4v) is 5.86. The highest BCUT2D eigenvalue weighted by atomic mass is 127. The van der Waals surface area contributed by atoms with Crippen LogP contribution in [-0.2, 0) is 13.1 Å². The number of hydrogen-bond acceptors (Lipinski definition) is 8. The van der Waals surface area contributed by atoms with Crippen LogP contribution in [0.3, 0.4) is 0 Å². The summed E-state index contributed by atoms with van der Waals surface area (Å²) in [7, 11) is 3.17. The Balaban J connectivity index is 0.000000185. The van der Waals surface area contributed by atoms with Crippen molar-refractivity contribution in [3.63, 3.8) is 0 Å². The predicted octanol–water partition coefficient (Wildman–Crippen LogP) is 6.00. The number of methoxy groups -OCH3 is 2. The number of rotatable bonds is 9. The van der Waals surface area contributed by atoms with Gasteiger partial charge in [0.25, 0.3) is 22.9 Å². The molecule has 0 radical (unpaired) electrons. The first-order chi connectivity index (χ1) is 25.7. The highest BCUT2D eigenvalue weighted by molar-refractivity contribution is 14.1. The largest absolute Gasteiger partial charge is 0.497 e. The third kappa shape index (κ3) is 9.12. The van der Waals surface area contributed by atoms with Gasteiger partial charge in [-0.1, -0.05) is 60.7 Å². The molecule has 0 aliphatic rings. The van der Waals surface area contributed by atoms with Crippen LogP contribution in [0.4, 0.5) is 0 Å². The zero-order valence-corrected chi connectivity index (χ0v) is 30.8. The van der Waals surface area contributed by atoms with Crippen LogP contribution in [0.15, 0.2) is 125 Å². The van der Waals surface area contributed by atoms with E-state index in [0.29, 0.717) is 46.4 Å². The van der Waals surface area contributed by atoms with Crippen LogP contribution in [0.2, 0.25) is 0 Å². The van der Waals surface area contributed by atoms with Crippen molar-refractivity contribution in [3.05, 3.63) is 162 Å². The van der Waals surface area contributed by atoms with Crippen molar-refractivity contribution in [3.8, 4) is 22.6 Å². The lowest BCUT2D eigenvalue weighted by Gasteiger charge is -2.08. The Morgan fingerprint density at radius 3 is 1.64 bits per heavy atom. The van der Waals surface area contributed by atoms with Gasteiger partial charge in [-0.3, -0.25) is 19.2 Å². The topological polar surface area (TPSA) is 168 Å². The molecule has 2 aromatic heterocycles. The standard InChI is InChI=1S/C23H19N3O3.C17H14IN3O3/c1-29-18-9-5-6-15(12-18)14-24-23(28)21-25-20-11-10-17(13-19(20)22(27)26-21)16-7-3-2-4-8-16;1-24-12-4-2-3-10(7-12)9-19-17(23)15-20-14-6-5-11(18)8-13(14)16(22)21-15/h2-13H,14H2,1H3,(H,24,28)(H,25,26,27);2-8H,9H2,1H3,(H,19,23)(H,20,21,22). The minimum atomic E-state index is -0.445. The number of nitrogens with one attached hydrogen (secondary N) is 4. The maximum atomic E-state index is 12.6. The van der Waals surface area contributed by atoms with E-state index in [2.05, 4.69) is 53.2 Å². The van der Waals surface area contributed by atoms with Crippen LogP contribution in [0.25, 0.3) is 32.9 Å². The average Bonchev–Trinajstić information content (AvgIpc) is 3.19. The molecule has 0 aliphatic carbocycles. The minimum absolute atomic E-state index is 0.00314. The van der Waals surface area contributed by atoms with E-state index in [1.165, 1.54) is 0 Å². The summed E-state index contributed by atoms with van der Waals surface area (Å²) in [6, 6.07) is 35.3. The van der Waals surface area contributed by atoms with Gasteiger partial charge in [0, 0.05) is 16.7 Å². The van der Waals surface area contributed by atoms with Crippen molar-refractivity contribution in [1.82, 2.24) is 30.6 Å². The van der Waals surface area contributed by atoms with E-state index < -0.39 is 11.8 Å². The van der Waals surface area contributed by atoms with Crippen LogP contribution in [0, 0.1) is 3.57 Å². The van der Waals surface area contributed by atoms with Gasteiger partial charge in [0.05, 0.1) is 36.0 Å². The summed E-state index contributed by atoms with van der Waals surface area (Å²) in [5.74, 6) is 0.528. The monoisotopic (exact) mass is 820 g/mol. The second-order valence-electron chi connectivity index (χ2n) is 11.7. The maximum Gasteiger partial charge on any atom is 0.287 e. The molecule has 0 unspecified atom stereocenters. The van der Waals surface area contributed by atoms with Crippen molar-refractivity contribution >= 4 is 56.2 Å². The summed E-state index contributed by atoms with van der Waals surface area (Å²) < 4.78 is 11.3. The highest BCUT2D eigenvalue weighted by Gasteiger charge is 2.14. The maximum absolute atomic E-state index is 12.6. The molecular formula is C40H33IN6O6. The number of H-pyrrole nitrogens is 2. The molecule has 12 nitrogen and oxygen atoms in total. The number of nitrogens with zero attached hydrogens (tertiary/aromatic N) is 2. The minimum Gasteiger partial charge on any atom is -0.497 e. The molecule has 7 aromatic rings. The van der Waals surface area contributed by atoms with Gasteiger partial charge in [0.15, 0.2) is 11.6 Å². The number of carbonyl (C=O) groups is 2. The van der Waals surface area contributed by atoms with Gasteiger partial charge in [0.2, 0.25) is 0 Å². The molecule has 0 saturated heterocycles. The van der Waals surface area contributed by atoms with Crippen LogP contribution in [-0.4, -0.2) is 46.0 Å². The fraction of sp³-hybridized carbons (Fsp3) is 0.100. The summed E-state index contributed by atoms with van der Waals surface area (Å²) in [6.07, 6.45) is 0. The number of amides is 2. The Labute approximate surface area is 316 Å². The normalized spacial score (nSPS) is 10.6. The Bertz CT molecular complexity index is 2560. The second-order valence-corrected chi connectivity index (χ2v) is 12.9. The summed E-state index contributed by atoms with van der Waals surface area (Å²) in [6.45, 7) is 0.606. The Morgan fingerprint density at radius 1 is 0.604 bits per heavy atom. The van der Waals surface area contributed by atoms with Crippen LogP contribution in [0.5, 0.6) is 11.5 Å². The Morgan fingerprint density at radius 2 is 1.11 bits per heavy atom. The third-order valence-corrected chi connectivity index (χ3v) is 8.76. The number of carbonyl (C=O) groups excluding carboxylic acids is 2. The number of ether oxygens (including phenoxy) is 2. The number of benzene rings is 5. The number of halogens is 1. The first-order valence-electron chi connectivity index (χ1n) is 16.3. The van der Waals surface area contributed by atoms with Gasteiger partial charge >= 0.3 is 0 Å². The predicted molar refractivity (Wildman–Crippen MR) is 211 cm³/mol. The molecule has 4 N–H and O–H groups in total. The van der Waals surface area contributed by atoms with Crippen molar-refractivity contribution in [2.24, 2.45) is 0 Å². The molecule has 266 valence electrons. The first-order valence-corrected chi connectivity index (χ1v) is 17.4. The summed E-state index contributed by atoms with van der Waals surface area (Å²) in [5, 5.41) is 6.41. The average molecular weight is 821 g/mol. The molecule has 13 heteroatoms. The summed E-state index contributed by atoms with van der Waals surface area (Å²) in [5.41, 5.74) is 3.98. The van der Waals surface area contributed by atoms with E-state index in [1.54, 1.807) is 38.5 Å². The van der Waals surface area contributed by atoms with E-state index in [1.807, 2.05) is 91.0 Å². The molecule has 0 fully saturated rings. The van der Waals surface area contributed by atoms with Crippen molar-refractivity contribution in [1.29, 1.82) is 0 Å². The number of hydrogen-bond donors (Lipinski definition) is 4. The molecular weight excluding hydrogens is 787 g/mol. The lowest BCUT2D eigenvalue weighted by molar-refractivity contribution is 0.0933. The number of fused-ring (bicyclic) bond motifs is 2. The smallest absolute Gasteiger partial charge is 0.287 e. The third-order valence-electron chi connectivity index (χ3n) is 8.08. The SMILES string of the molecule is COc1cccc(CNC(=O)c2nc3ccc(-c4ccccc4)cc3c(=O)[nH]2)c1.COc1cccc(CNC(=O)c2nc3ccc(I)cc3c(=O)[nH]2)c1. The van der Waals surface area contributed by atoms with Crippen LogP contribution < -0.4 is 31.2 Å². The summed E-state index contributed by atoms with van der Waals surface area (Å²) >= 11 is 2.12. The quantitative estimate of drug-likeness (QED) is 0.129. The zero-order valence-electron chi connectivity index (χ0n) is 28.6. The van der Waals surface area contributed by atoms with Gasteiger partial charge in [-0.2, -0.15) is 0 Å². The van der Waals surface area contributed by atoms with Gasteiger partial charge in [-0.15, -0.1) is 0 Å². The van der Waals surface area contributed by atoms with Gasteiger partial charge in [-0.25, -0.2) is 9.97 Å². The Kier molecular flexibility index (Phi) is 11.5. The first kappa shape index (κ1) is 36.4. The van der Waals surface area contributed by atoms with Gasteiger partial charge in [0.1, 0.15) is 11.5 Å². The highest BCUT2D eigenvalue weighted by Crippen LogP contribution is 2.22. The van der Waals surface area contributed by atoms with Crippen molar-refractivity contribution in [2.45, 2.75) is 13.1 Å². The molecule has 0 atom stereocenters. The van der Waals surface area contributed by atoms with Crippen molar-refractivity contribution in [2.75, 3.05) is 14.2 Å². The molecule has 53 heavy (non-hydrogen) atoms. The molecule has 0 saturated carbocycles. The molecule has 0 aliphatic heterocycles. The van der Waals surface area contributed by atoms with E-state index in [4.69, 9.17) is 9.47 Å². The van der Waals surface area contributed by atoms with E-state index in [0.717, 1.165) is 25.8 Å². The van der Waals surface area contributed by atoms with E-state index in [9.17, 15) is 19.2 Å². The Hall–Kier alpha value is -6.35. The molecule has 2 amide bonds. The van der Waals surface area contributed by atoms with E-state index >= 15 is 0 Å². The zero-order chi connectivity index (χ0) is 37.3. The molecule has 0 spiro atoms. The summed E-state index contributed by atoms with van der Waals surface area (Å²) in [4.78, 5) is 63.1. The molecule has 0 bridgehead atoms. The van der Waals surface area contributed by atoms with Crippen LogP contribution >= 0.6 is 22.6 Å². The molecule has 7 rings (SSSR count). The fourth-order valence-electron chi connectivity index (χ4n) is 5.37. The lowest BCUT2D eigenvalue weighted by Crippen LogP contribution is -2.27. The lowest BCUT2D eigenvalue weighted by atomic mass is 10.0. The second kappa shape index (κ2) is 16.8. The van der Waals surface area contributed by atoms with Gasteiger partial charge in [-0.05, 0) is 99.4 Å². The van der Waals surface area contributed by atoms with E-state index in [-0.39, 0.29) is 22.8 Å². The number of aromatic nitrogens is 4.